The lowest BCUT2D eigenvalue weighted by molar-refractivity contribution is 0.218. The Kier molecular flexibility index (Phi) is 6.42. The normalized spacial score (nSPS) is 10.1. The van der Waals surface area contributed by atoms with Gasteiger partial charge in [-0.25, -0.2) is 0 Å². The van der Waals surface area contributed by atoms with Crippen LogP contribution in [0.15, 0.2) is 48.5 Å². The van der Waals surface area contributed by atoms with Crippen molar-refractivity contribution < 1.29 is 9.47 Å². The van der Waals surface area contributed by atoms with Gasteiger partial charge in [0.1, 0.15) is 24.7 Å². The first kappa shape index (κ1) is 16.0. The predicted molar refractivity (Wildman–Crippen MR) is 92.2 cm³/mol. The van der Waals surface area contributed by atoms with Crippen molar-refractivity contribution in [2.45, 2.75) is 13.8 Å². The number of nitrogens with one attached hydrogen (secondary N) is 2. The minimum atomic E-state index is 0.503. The van der Waals surface area contributed by atoms with Crippen molar-refractivity contribution in [2.24, 2.45) is 0 Å². The summed E-state index contributed by atoms with van der Waals surface area (Å²) in [6.45, 7) is 6.88. The summed E-state index contributed by atoms with van der Waals surface area (Å²) in [6.07, 6.45) is 0. The van der Waals surface area contributed by atoms with Crippen molar-refractivity contribution >= 4 is 11.4 Å². The van der Waals surface area contributed by atoms with Crippen LogP contribution >= 0.6 is 0 Å². The minimum Gasteiger partial charge on any atom is -0.488 e. The zero-order valence-electron chi connectivity index (χ0n) is 13.3. The summed E-state index contributed by atoms with van der Waals surface area (Å²) < 4.78 is 11.6. The van der Waals surface area contributed by atoms with Gasteiger partial charge >= 0.3 is 0 Å². The van der Waals surface area contributed by atoms with E-state index in [1.807, 2.05) is 48.5 Å². The highest BCUT2D eigenvalue weighted by molar-refractivity contribution is 5.56. The molecule has 0 radical (unpaired) electrons. The molecule has 0 spiro atoms. The first-order chi connectivity index (χ1) is 10.8. The van der Waals surface area contributed by atoms with Gasteiger partial charge in [-0.15, -0.1) is 0 Å². The van der Waals surface area contributed by atoms with Crippen molar-refractivity contribution in [3.8, 4) is 11.5 Å². The Labute approximate surface area is 132 Å². The summed E-state index contributed by atoms with van der Waals surface area (Å²) in [5.74, 6) is 1.71. The molecule has 2 aromatic rings. The third kappa shape index (κ3) is 4.58. The summed E-state index contributed by atoms with van der Waals surface area (Å²) in [6, 6.07) is 15.9. The van der Waals surface area contributed by atoms with Gasteiger partial charge in [-0.2, -0.15) is 0 Å². The molecule has 4 nitrogen and oxygen atoms in total. The second-order valence-electron chi connectivity index (χ2n) is 4.75. The van der Waals surface area contributed by atoms with Gasteiger partial charge in [-0.3, -0.25) is 0 Å². The lowest BCUT2D eigenvalue weighted by atomic mass is 10.3. The molecule has 22 heavy (non-hydrogen) atoms. The molecule has 118 valence electrons. The Balaban J connectivity index is 1.85. The standard InChI is InChI=1S/C18H24N2O2/c1-3-19-15-9-5-7-11-17(15)21-13-14-22-18-12-8-6-10-16(18)20-4-2/h5-12,19-20H,3-4,13-14H2,1-2H3. The molecule has 0 saturated heterocycles. The van der Waals surface area contributed by atoms with Crippen LogP contribution in [0.5, 0.6) is 11.5 Å². The fraction of sp³-hybridized carbons (Fsp3) is 0.333. The van der Waals surface area contributed by atoms with Crippen LogP contribution in [0.4, 0.5) is 11.4 Å². The molecule has 0 aliphatic heterocycles. The van der Waals surface area contributed by atoms with Crippen molar-refractivity contribution in [3.63, 3.8) is 0 Å². The average Bonchev–Trinajstić information content (AvgIpc) is 2.55. The minimum absolute atomic E-state index is 0.503. The molecular weight excluding hydrogens is 276 g/mol. The maximum absolute atomic E-state index is 5.80. The van der Waals surface area contributed by atoms with Gasteiger partial charge in [0.15, 0.2) is 0 Å². The van der Waals surface area contributed by atoms with Crippen LogP contribution in [-0.2, 0) is 0 Å². The van der Waals surface area contributed by atoms with Gasteiger partial charge in [0, 0.05) is 13.1 Å². The Bertz CT molecular complexity index is 521. The molecule has 0 atom stereocenters. The second-order valence-corrected chi connectivity index (χ2v) is 4.75. The van der Waals surface area contributed by atoms with E-state index in [9.17, 15) is 0 Å². The molecule has 0 aliphatic rings. The summed E-state index contributed by atoms with van der Waals surface area (Å²) in [5, 5.41) is 6.57. The van der Waals surface area contributed by atoms with Crippen molar-refractivity contribution in [1.82, 2.24) is 0 Å². The van der Waals surface area contributed by atoms with Crippen LogP contribution in [0.25, 0.3) is 0 Å². The second kappa shape index (κ2) is 8.82. The van der Waals surface area contributed by atoms with Crippen LogP contribution in [-0.4, -0.2) is 26.3 Å². The topological polar surface area (TPSA) is 42.5 Å². The third-order valence-corrected chi connectivity index (χ3v) is 3.11. The maximum atomic E-state index is 5.80. The predicted octanol–water partition coefficient (Wildman–Crippen LogP) is 4.01. The number of para-hydroxylation sites is 4. The van der Waals surface area contributed by atoms with E-state index >= 15 is 0 Å². The SMILES string of the molecule is CCNc1ccccc1OCCOc1ccccc1NCC. The molecule has 2 rings (SSSR count). The average molecular weight is 300 g/mol. The highest BCUT2D eigenvalue weighted by Crippen LogP contribution is 2.25. The molecule has 0 amide bonds. The van der Waals surface area contributed by atoms with Crippen LogP contribution < -0.4 is 20.1 Å². The Morgan fingerprint density at radius 1 is 0.682 bits per heavy atom. The highest BCUT2D eigenvalue weighted by atomic mass is 16.5. The van der Waals surface area contributed by atoms with Crippen molar-refractivity contribution in [1.29, 1.82) is 0 Å². The van der Waals surface area contributed by atoms with E-state index in [0.29, 0.717) is 13.2 Å². The molecule has 0 saturated carbocycles. The first-order valence-corrected chi connectivity index (χ1v) is 7.76. The number of ether oxygens (including phenoxy) is 2. The monoisotopic (exact) mass is 300 g/mol. The zero-order valence-corrected chi connectivity index (χ0v) is 13.3. The van der Waals surface area contributed by atoms with Crippen LogP contribution in [0.1, 0.15) is 13.8 Å². The number of rotatable bonds is 9. The Morgan fingerprint density at radius 2 is 1.09 bits per heavy atom. The fourth-order valence-corrected chi connectivity index (χ4v) is 2.16. The quantitative estimate of drug-likeness (QED) is 0.687. The molecule has 0 aromatic heterocycles. The van der Waals surface area contributed by atoms with Crippen molar-refractivity contribution in [2.75, 3.05) is 36.9 Å². The van der Waals surface area contributed by atoms with E-state index < -0.39 is 0 Å². The fourth-order valence-electron chi connectivity index (χ4n) is 2.16. The summed E-state index contributed by atoms with van der Waals surface area (Å²) in [5.41, 5.74) is 2.02. The van der Waals surface area contributed by atoms with Gasteiger partial charge in [-0.05, 0) is 38.1 Å². The molecule has 0 aliphatic carbocycles. The number of benzene rings is 2. The van der Waals surface area contributed by atoms with Gasteiger partial charge in [0.2, 0.25) is 0 Å². The molecule has 0 bridgehead atoms. The molecule has 2 aromatic carbocycles. The van der Waals surface area contributed by atoms with E-state index in [-0.39, 0.29) is 0 Å². The van der Waals surface area contributed by atoms with E-state index in [1.165, 1.54) is 0 Å². The van der Waals surface area contributed by atoms with Gasteiger partial charge in [-0.1, -0.05) is 24.3 Å². The highest BCUT2D eigenvalue weighted by Gasteiger charge is 2.03. The lowest BCUT2D eigenvalue weighted by Crippen LogP contribution is -2.11. The molecular formula is C18H24N2O2. The molecule has 0 unspecified atom stereocenters. The lowest BCUT2D eigenvalue weighted by Gasteiger charge is -2.14. The summed E-state index contributed by atoms with van der Waals surface area (Å²) in [7, 11) is 0. The van der Waals surface area contributed by atoms with Gasteiger partial charge < -0.3 is 20.1 Å². The maximum Gasteiger partial charge on any atom is 0.142 e. The van der Waals surface area contributed by atoms with Gasteiger partial charge in [0.25, 0.3) is 0 Å². The van der Waals surface area contributed by atoms with Crippen LogP contribution in [0.3, 0.4) is 0 Å². The van der Waals surface area contributed by atoms with E-state index in [4.69, 9.17) is 9.47 Å². The van der Waals surface area contributed by atoms with Crippen LogP contribution in [0, 0.1) is 0 Å². The number of hydrogen-bond acceptors (Lipinski definition) is 4. The zero-order chi connectivity index (χ0) is 15.6. The first-order valence-electron chi connectivity index (χ1n) is 7.76. The van der Waals surface area contributed by atoms with Crippen LogP contribution in [0.2, 0.25) is 0 Å². The van der Waals surface area contributed by atoms with E-state index in [0.717, 1.165) is 36.0 Å². The smallest absolute Gasteiger partial charge is 0.142 e. The largest absolute Gasteiger partial charge is 0.488 e. The van der Waals surface area contributed by atoms with E-state index in [2.05, 4.69) is 24.5 Å². The Morgan fingerprint density at radius 3 is 1.50 bits per heavy atom. The summed E-state index contributed by atoms with van der Waals surface area (Å²) >= 11 is 0. The van der Waals surface area contributed by atoms with Crippen molar-refractivity contribution in [3.05, 3.63) is 48.5 Å². The third-order valence-electron chi connectivity index (χ3n) is 3.11. The molecule has 0 heterocycles. The summed E-state index contributed by atoms with van der Waals surface area (Å²) in [4.78, 5) is 0. The van der Waals surface area contributed by atoms with Gasteiger partial charge in [0.05, 0.1) is 11.4 Å². The molecule has 2 N–H and O–H groups in total. The Hall–Kier alpha value is -2.36. The van der Waals surface area contributed by atoms with E-state index in [1.54, 1.807) is 0 Å². The molecule has 0 fully saturated rings. The number of anilines is 2. The molecule has 4 heteroatoms. The number of hydrogen-bond donors (Lipinski definition) is 2.